The second-order valence-corrected chi connectivity index (χ2v) is 13.3. The van der Waals surface area contributed by atoms with Crippen LogP contribution in [0.25, 0.3) is 87.3 Å². The Morgan fingerprint density at radius 2 is 0.902 bits per heavy atom. The number of rotatable bonds is 4. The highest BCUT2D eigenvalue weighted by Crippen LogP contribution is 2.44. The van der Waals surface area contributed by atoms with E-state index in [1.165, 1.54) is 37.9 Å². The van der Waals surface area contributed by atoms with Crippen molar-refractivity contribution in [3.05, 3.63) is 176 Å². The van der Waals surface area contributed by atoms with Crippen LogP contribution < -0.4 is 4.90 Å². The van der Waals surface area contributed by atoms with Crippen molar-refractivity contribution in [1.82, 2.24) is 0 Å². The van der Waals surface area contributed by atoms with Crippen molar-refractivity contribution in [2.45, 2.75) is 0 Å². The average molecular weight is 652 g/mol. The van der Waals surface area contributed by atoms with Crippen molar-refractivity contribution in [1.29, 1.82) is 0 Å². The summed E-state index contributed by atoms with van der Waals surface area (Å²) in [5.74, 6) is 0. The van der Waals surface area contributed by atoms with Gasteiger partial charge in [0.1, 0.15) is 22.3 Å². The number of hydrogen-bond acceptors (Lipinski definition) is 3. The molecular weight excluding hydrogens is 623 g/mol. The molecule has 238 valence electrons. The van der Waals surface area contributed by atoms with Gasteiger partial charge in [-0.3, -0.25) is 0 Å². The van der Waals surface area contributed by atoms with E-state index in [-0.39, 0.29) is 0 Å². The number of fused-ring (bicyclic) bond motifs is 11. The number of hydrogen-bond donors (Lipinski definition) is 0. The van der Waals surface area contributed by atoms with Gasteiger partial charge < -0.3 is 13.7 Å². The van der Waals surface area contributed by atoms with Gasteiger partial charge in [0.05, 0.1) is 0 Å². The van der Waals surface area contributed by atoms with Crippen LogP contribution >= 0.6 is 0 Å². The van der Waals surface area contributed by atoms with E-state index in [9.17, 15) is 0 Å². The molecule has 3 nitrogen and oxygen atoms in total. The fourth-order valence-corrected chi connectivity index (χ4v) is 8.07. The summed E-state index contributed by atoms with van der Waals surface area (Å²) in [6, 6.07) is 62.6. The summed E-state index contributed by atoms with van der Waals surface area (Å²) in [5.41, 5.74) is 9.01. The lowest BCUT2D eigenvalue weighted by Gasteiger charge is -2.25. The molecule has 3 heteroatoms. The van der Waals surface area contributed by atoms with Crippen LogP contribution in [-0.2, 0) is 0 Å². The maximum Gasteiger partial charge on any atom is 0.136 e. The Hall–Kier alpha value is -6.84. The Morgan fingerprint density at radius 1 is 0.314 bits per heavy atom. The smallest absolute Gasteiger partial charge is 0.136 e. The molecule has 51 heavy (non-hydrogen) atoms. The molecule has 0 unspecified atom stereocenters. The number of para-hydroxylation sites is 1. The highest BCUT2D eigenvalue weighted by molar-refractivity contribution is 6.20. The van der Waals surface area contributed by atoms with Crippen molar-refractivity contribution in [2.24, 2.45) is 0 Å². The molecule has 2 heterocycles. The molecule has 0 spiro atoms. The van der Waals surface area contributed by atoms with Crippen LogP contribution in [0.5, 0.6) is 0 Å². The normalized spacial score (nSPS) is 11.9. The Labute approximate surface area is 293 Å². The van der Waals surface area contributed by atoms with Crippen molar-refractivity contribution in [2.75, 3.05) is 4.90 Å². The van der Waals surface area contributed by atoms with Crippen molar-refractivity contribution < 1.29 is 8.83 Å². The zero-order valence-electron chi connectivity index (χ0n) is 27.5. The van der Waals surface area contributed by atoms with Gasteiger partial charge >= 0.3 is 0 Å². The van der Waals surface area contributed by atoms with Crippen molar-refractivity contribution in [3.8, 4) is 11.1 Å². The molecule has 11 rings (SSSR count). The second-order valence-electron chi connectivity index (χ2n) is 13.3. The number of benzene rings is 9. The lowest BCUT2D eigenvalue weighted by Crippen LogP contribution is -2.09. The first-order chi connectivity index (χ1) is 25.3. The molecular formula is C48H29NO2. The second kappa shape index (κ2) is 10.8. The zero-order valence-corrected chi connectivity index (χ0v) is 27.5. The topological polar surface area (TPSA) is 29.5 Å². The van der Waals surface area contributed by atoms with E-state index in [2.05, 4.69) is 181 Å². The fraction of sp³-hybridized carbons (Fsp3) is 0. The largest absolute Gasteiger partial charge is 0.456 e. The van der Waals surface area contributed by atoms with Gasteiger partial charge in [-0.2, -0.15) is 0 Å². The summed E-state index contributed by atoms with van der Waals surface area (Å²) in [5, 5.41) is 11.8. The third-order valence-corrected chi connectivity index (χ3v) is 10.4. The van der Waals surface area contributed by atoms with Gasteiger partial charge in [0.2, 0.25) is 0 Å². The van der Waals surface area contributed by atoms with E-state index in [0.29, 0.717) is 0 Å². The minimum atomic E-state index is 0.865. The summed E-state index contributed by atoms with van der Waals surface area (Å²) < 4.78 is 12.9. The Bertz CT molecular complexity index is 3150. The highest BCUT2D eigenvalue weighted by Gasteiger charge is 2.19. The molecule has 0 bridgehead atoms. The molecule has 0 saturated heterocycles. The van der Waals surface area contributed by atoms with E-state index in [1.54, 1.807) is 0 Å². The number of anilines is 3. The molecule has 9 aromatic carbocycles. The van der Waals surface area contributed by atoms with Gasteiger partial charge in [0.25, 0.3) is 0 Å². The lowest BCUT2D eigenvalue weighted by atomic mass is 9.95. The first kappa shape index (κ1) is 28.0. The van der Waals surface area contributed by atoms with E-state index in [1.807, 2.05) is 0 Å². The standard InChI is InChI=1S/C48H29NO2/c1-2-11-34(12-3-1)49(35-22-26-44-41(28-35)47-39-14-7-5-10-31(39)20-24-46(47)51-44)36-21-25-43-42(29-36)48-40(15-8-16-45(48)50-43)33-19-23-38-32(27-33)18-17-30-9-4-6-13-37(30)38/h1-29H. The van der Waals surface area contributed by atoms with E-state index in [4.69, 9.17) is 8.83 Å². The van der Waals surface area contributed by atoms with Gasteiger partial charge in [0, 0.05) is 38.6 Å². The Kier molecular flexibility index (Phi) is 5.96. The van der Waals surface area contributed by atoms with E-state index in [0.717, 1.165) is 66.5 Å². The first-order valence-electron chi connectivity index (χ1n) is 17.3. The molecule has 0 atom stereocenters. The maximum atomic E-state index is 6.51. The molecule has 11 aromatic rings. The molecule has 0 saturated carbocycles. The first-order valence-corrected chi connectivity index (χ1v) is 17.3. The van der Waals surface area contributed by atoms with Gasteiger partial charge in [-0.25, -0.2) is 0 Å². The summed E-state index contributed by atoms with van der Waals surface area (Å²) in [6.45, 7) is 0. The molecule has 0 radical (unpaired) electrons. The Morgan fingerprint density at radius 3 is 1.69 bits per heavy atom. The third-order valence-electron chi connectivity index (χ3n) is 10.4. The van der Waals surface area contributed by atoms with Crippen LogP contribution in [0.1, 0.15) is 0 Å². The molecule has 0 N–H and O–H groups in total. The molecule has 0 aliphatic carbocycles. The summed E-state index contributed by atoms with van der Waals surface area (Å²) in [6.07, 6.45) is 0. The van der Waals surface area contributed by atoms with Gasteiger partial charge in [-0.05, 0) is 110 Å². The fourth-order valence-electron chi connectivity index (χ4n) is 8.07. The predicted molar refractivity (Wildman–Crippen MR) is 214 cm³/mol. The van der Waals surface area contributed by atoms with E-state index < -0.39 is 0 Å². The molecule has 0 aliphatic heterocycles. The van der Waals surface area contributed by atoms with Crippen LogP contribution in [-0.4, -0.2) is 0 Å². The summed E-state index contributed by atoms with van der Waals surface area (Å²) in [4.78, 5) is 2.32. The molecule has 0 aliphatic rings. The highest BCUT2D eigenvalue weighted by atomic mass is 16.3. The van der Waals surface area contributed by atoms with Crippen LogP contribution in [0, 0.1) is 0 Å². The maximum absolute atomic E-state index is 6.51. The number of nitrogens with zero attached hydrogens (tertiary/aromatic N) is 1. The van der Waals surface area contributed by atoms with Gasteiger partial charge in [-0.15, -0.1) is 0 Å². The van der Waals surface area contributed by atoms with Crippen LogP contribution in [0.4, 0.5) is 17.1 Å². The van der Waals surface area contributed by atoms with Crippen molar-refractivity contribution >= 4 is 93.3 Å². The monoisotopic (exact) mass is 651 g/mol. The average Bonchev–Trinajstić information content (AvgIpc) is 3.76. The van der Waals surface area contributed by atoms with Gasteiger partial charge in [-0.1, -0.05) is 109 Å². The summed E-state index contributed by atoms with van der Waals surface area (Å²) >= 11 is 0. The minimum absolute atomic E-state index is 0.865. The summed E-state index contributed by atoms with van der Waals surface area (Å²) in [7, 11) is 0. The Balaban J connectivity index is 1.12. The van der Waals surface area contributed by atoms with Gasteiger partial charge in [0.15, 0.2) is 0 Å². The van der Waals surface area contributed by atoms with Crippen LogP contribution in [0.2, 0.25) is 0 Å². The molecule has 0 fully saturated rings. The third kappa shape index (κ3) is 4.32. The SMILES string of the molecule is c1ccc(N(c2ccc3oc4cccc(-c5ccc6c(ccc7ccccc76)c5)c4c3c2)c2ccc3oc4ccc5ccccc5c4c3c2)cc1. The molecule has 2 aromatic heterocycles. The lowest BCUT2D eigenvalue weighted by molar-refractivity contribution is 0.669. The van der Waals surface area contributed by atoms with E-state index >= 15 is 0 Å². The van der Waals surface area contributed by atoms with Crippen LogP contribution in [0.3, 0.4) is 0 Å². The zero-order chi connectivity index (χ0) is 33.5. The van der Waals surface area contributed by atoms with Crippen LogP contribution in [0.15, 0.2) is 185 Å². The quantitative estimate of drug-likeness (QED) is 0.177. The van der Waals surface area contributed by atoms with Crippen molar-refractivity contribution in [3.63, 3.8) is 0 Å². The number of furan rings is 2. The molecule has 0 amide bonds. The minimum Gasteiger partial charge on any atom is -0.456 e. The predicted octanol–water partition coefficient (Wildman–Crippen LogP) is 14.1.